The van der Waals surface area contributed by atoms with Crippen LogP contribution in [0.15, 0.2) is 17.3 Å². The average Bonchev–Trinajstić information content (AvgIpc) is 2.50. The largest absolute Gasteiger partial charge is 0.465 e. The molecule has 0 saturated heterocycles. The molecule has 0 saturated carbocycles. The molecular formula is C6H5NO3S. The number of nitroso groups, excluding NO2 is 1. The zero-order valence-electron chi connectivity index (χ0n) is 5.73. The fourth-order valence-corrected chi connectivity index (χ4v) is 1.29. The van der Waals surface area contributed by atoms with Crippen molar-refractivity contribution in [1.29, 1.82) is 0 Å². The molecule has 0 N–H and O–H groups in total. The number of rotatable bonds is 2. The first-order valence-electron chi connectivity index (χ1n) is 2.79. The van der Waals surface area contributed by atoms with Crippen LogP contribution in [0.2, 0.25) is 0 Å². The van der Waals surface area contributed by atoms with Gasteiger partial charge < -0.3 is 4.74 Å². The highest BCUT2D eigenvalue weighted by atomic mass is 32.1. The predicted molar refractivity (Wildman–Crippen MR) is 41.1 cm³/mol. The summed E-state index contributed by atoms with van der Waals surface area (Å²) >= 11 is 1.01. The Kier molecular flexibility index (Phi) is 2.32. The number of carbonyl (C=O) groups is 1. The van der Waals surface area contributed by atoms with Gasteiger partial charge >= 0.3 is 5.97 Å². The molecule has 0 aromatic carbocycles. The van der Waals surface area contributed by atoms with Crippen molar-refractivity contribution in [2.45, 2.75) is 0 Å². The van der Waals surface area contributed by atoms with Crippen molar-refractivity contribution in [2.75, 3.05) is 7.11 Å². The predicted octanol–water partition coefficient (Wildman–Crippen LogP) is 1.93. The van der Waals surface area contributed by atoms with E-state index in [-0.39, 0.29) is 5.00 Å². The fourth-order valence-electron chi connectivity index (χ4n) is 0.587. The molecular weight excluding hydrogens is 166 g/mol. The molecule has 0 aliphatic heterocycles. The Morgan fingerprint density at radius 2 is 2.36 bits per heavy atom. The molecule has 1 aromatic heterocycles. The maximum absolute atomic E-state index is 10.8. The number of hydrogen-bond donors (Lipinski definition) is 0. The van der Waals surface area contributed by atoms with Crippen molar-refractivity contribution in [3.63, 3.8) is 0 Å². The van der Waals surface area contributed by atoms with Crippen molar-refractivity contribution < 1.29 is 9.53 Å². The van der Waals surface area contributed by atoms with Crippen LogP contribution in [0, 0.1) is 4.91 Å². The topological polar surface area (TPSA) is 55.7 Å². The zero-order valence-corrected chi connectivity index (χ0v) is 6.55. The molecule has 0 atom stereocenters. The van der Waals surface area contributed by atoms with E-state index in [2.05, 4.69) is 9.91 Å². The van der Waals surface area contributed by atoms with Gasteiger partial charge in [-0.1, -0.05) is 0 Å². The SMILES string of the molecule is COC(=O)c1ccc(N=O)s1. The molecule has 0 unspecified atom stereocenters. The van der Waals surface area contributed by atoms with Gasteiger partial charge in [0, 0.05) is 0 Å². The number of ether oxygens (including phenoxy) is 1. The summed E-state index contributed by atoms with van der Waals surface area (Å²) in [4.78, 5) is 21.1. The van der Waals surface area contributed by atoms with Gasteiger partial charge in [-0.2, -0.15) is 0 Å². The van der Waals surface area contributed by atoms with E-state index in [4.69, 9.17) is 0 Å². The summed E-state index contributed by atoms with van der Waals surface area (Å²) in [7, 11) is 1.29. The minimum atomic E-state index is -0.440. The lowest BCUT2D eigenvalue weighted by Crippen LogP contribution is -1.96. The van der Waals surface area contributed by atoms with E-state index in [0.717, 1.165) is 11.3 Å². The first-order chi connectivity index (χ1) is 5.27. The summed E-state index contributed by atoms with van der Waals surface area (Å²) in [6.07, 6.45) is 0. The van der Waals surface area contributed by atoms with Crippen LogP contribution in [0.5, 0.6) is 0 Å². The molecule has 0 spiro atoms. The summed E-state index contributed by atoms with van der Waals surface area (Å²) in [5, 5.41) is 2.95. The van der Waals surface area contributed by atoms with Gasteiger partial charge in [-0.3, -0.25) is 0 Å². The lowest BCUT2D eigenvalue weighted by Gasteiger charge is -1.90. The van der Waals surface area contributed by atoms with E-state index in [1.807, 2.05) is 0 Å². The number of methoxy groups -OCH3 is 1. The van der Waals surface area contributed by atoms with E-state index in [1.54, 1.807) is 0 Å². The van der Waals surface area contributed by atoms with Gasteiger partial charge in [-0.25, -0.2) is 4.79 Å². The third-order valence-corrected chi connectivity index (χ3v) is 2.01. The highest BCUT2D eigenvalue weighted by Crippen LogP contribution is 2.24. The van der Waals surface area contributed by atoms with Crippen molar-refractivity contribution in [2.24, 2.45) is 5.18 Å². The summed E-state index contributed by atoms with van der Waals surface area (Å²) in [5.41, 5.74) is 0. The summed E-state index contributed by atoms with van der Waals surface area (Å²) in [6.45, 7) is 0. The fraction of sp³-hybridized carbons (Fsp3) is 0.167. The Hall–Kier alpha value is -1.23. The molecule has 0 aliphatic rings. The van der Waals surface area contributed by atoms with Gasteiger partial charge in [0.1, 0.15) is 4.88 Å². The van der Waals surface area contributed by atoms with Gasteiger partial charge in [0.15, 0.2) is 5.00 Å². The average molecular weight is 171 g/mol. The van der Waals surface area contributed by atoms with E-state index < -0.39 is 5.97 Å². The smallest absolute Gasteiger partial charge is 0.348 e. The number of carbonyl (C=O) groups excluding carboxylic acids is 1. The minimum absolute atomic E-state index is 0.283. The molecule has 0 fully saturated rings. The van der Waals surface area contributed by atoms with E-state index in [1.165, 1.54) is 19.2 Å². The lowest BCUT2D eigenvalue weighted by molar-refractivity contribution is 0.0606. The second kappa shape index (κ2) is 3.25. The minimum Gasteiger partial charge on any atom is -0.465 e. The molecule has 0 radical (unpaired) electrons. The number of esters is 1. The van der Waals surface area contributed by atoms with Crippen molar-refractivity contribution in [3.8, 4) is 0 Å². The summed E-state index contributed by atoms with van der Waals surface area (Å²) in [5.74, 6) is -0.440. The van der Waals surface area contributed by atoms with Crippen LogP contribution >= 0.6 is 11.3 Å². The molecule has 1 heterocycles. The van der Waals surface area contributed by atoms with E-state index >= 15 is 0 Å². The van der Waals surface area contributed by atoms with Gasteiger partial charge in [0.05, 0.1) is 7.11 Å². The van der Waals surface area contributed by atoms with Crippen LogP contribution in [-0.4, -0.2) is 13.1 Å². The van der Waals surface area contributed by atoms with Gasteiger partial charge in [0.2, 0.25) is 0 Å². The van der Waals surface area contributed by atoms with Crippen molar-refractivity contribution >= 4 is 22.3 Å². The maximum Gasteiger partial charge on any atom is 0.348 e. The van der Waals surface area contributed by atoms with Gasteiger partial charge in [-0.05, 0) is 17.3 Å². The standard InChI is InChI=1S/C6H5NO3S/c1-10-6(8)4-2-3-5(7-9)11-4/h2-3H,1H3. The molecule has 58 valence electrons. The third kappa shape index (κ3) is 1.62. The van der Waals surface area contributed by atoms with Crippen LogP contribution in [0.25, 0.3) is 0 Å². The Morgan fingerprint density at radius 1 is 1.64 bits per heavy atom. The molecule has 5 heteroatoms. The monoisotopic (exact) mass is 171 g/mol. The van der Waals surface area contributed by atoms with Crippen LogP contribution in [0.1, 0.15) is 9.67 Å². The Balaban J connectivity index is 2.88. The Morgan fingerprint density at radius 3 is 2.82 bits per heavy atom. The number of thiophene rings is 1. The third-order valence-electron chi connectivity index (χ3n) is 1.07. The Bertz CT molecular complexity index is 281. The van der Waals surface area contributed by atoms with Crippen LogP contribution in [0.4, 0.5) is 5.00 Å². The molecule has 0 aliphatic carbocycles. The first-order valence-corrected chi connectivity index (χ1v) is 3.61. The highest BCUT2D eigenvalue weighted by molar-refractivity contribution is 7.17. The van der Waals surface area contributed by atoms with Crippen molar-refractivity contribution in [1.82, 2.24) is 0 Å². The van der Waals surface area contributed by atoms with Gasteiger partial charge in [-0.15, -0.1) is 16.2 Å². The van der Waals surface area contributed by atoms with Crippen LogP contribution < -0.4 is 0 Å². The van der Waals surface area contributed by atoms with Crippen LogP contribution in [0.3, 0.4) is 0 Å². The van der Waals surface area contributed by atoms with E-state index in [9.17, 15) is 9.70 Å². The number of hydrogen-bond acceptors (Lipinski definition) is 5. The Labute approximate surface area is 66.8 Å². The van der Waals surface area contributed by atoms with Gasteiger partial charge in [0.25, 0.3) is 0 Å². The maximum atomic E-state index is 10.8. The molecule has 1 rings (SSSR count). The highest BCUT2D eigenvalue weighted by Gasteiger charge is 2.08. The second-order valence-electron chi connectivity index (χ2n) is 1.72. The summed E-state index contributed by atoms with van der Waals surface area (Å²) < 4.78 is 4.42. The van der Waals surface area contributed by atoms with Crippen LogP contribution in [-0.2, 0) is 4.74 Å². The molecule has 1 aromatic rings. The molecule has 0 amide bonds. The lowest BCUT2D eigenvalue weighted by atomic mass is 10.5. The molecule has 4 nitrogen and oxygen atoms in total. The van der Waals surface area contributed by atoms with Crippen molar-refractivity contribution in [3.05, 3.63) is 21.9 Å². The van der Waals surface area contributed by atoms with E-state index in [0.29, 0.717) is 4.88 Å². The first kappa shape index (κ1) is 7.87. The zero-order chi connectivity index (χ0) is 8.27. The molecule has 0 bridgehead atoms. The number of nitrogens with zero attached hydrogens (tertiary/aromatic N) is 1. The quantitative estimate of drug-likeness (QED) is 0.504. The second-order valence-corrected chi connectivity index (χ2v) is 2.78. The molecule has 11 heavy (non-hydrogen) atoms. The normalized spacial score (nSPS) is 9.18. The summed E-state index contributed by atoms with van der Waals surface area (Å²) in [6, 6.07) is 2.98.